The van der Waals surface area contributed by atoms with Gasteiger partial charge in [-0.3, -0.25) is 4.79 Å². The van der Waals surface area contributed by atoms with Crippen LogP contribution in [-0.4, -0.2) is 29.4 Å². The van der Waals surface area contributed by atoms with Crippen LogP contribution in [-0.2, 0) is 6.54 Å². The Morgan fingerprint density at radius 1 is 1.43 bits per heavy atom. The molecule has 5 nitrogen and oxygen atoms in total. The minimum absolute atomic E-state index is 0.0368. The molecule has 0 spiro atoms. The molecule has 1 aliphatic rings. The highest BCUT2D eigenvalue weighted by Crippen LogP contribution is 2.28. The third kappa shape index (κ3) is 4.07. The molecular formula is C15H25BrN4O. The molecule has 0 aliphatic carbocycles. The van der Waals surface area contributed by atoms with E-state index in [1.54, 1.807) is 4.68 Å². The van der Waals surface area contributed by atoms with Gasteiger partial charge in [0.05, 0.1) is 11.9 Å². The number of anilines is 1. The summed E-state index contributed by atoms with van der Waals surface area (Å²) >= 11 is 3.47. The van der Waals surface area contributed by atoms with Crippen LogP contribution in [0.4, 0.5) is 5.69 Å². The van der Waals surface area contributed by atoms with Gasteiger partial charge in [0.25, 0.3) is 5.56 Å². The van der Waals surface area contributed by atoms with Crippen LogP contribution in [0.25, 0.3) is 0 Å². The fraction of sp³-hybridized carbons (Fsp3) is 0.733. The van der Waals surface area contributed by atoms with Crippen molar-refractivity contribution in [1.29, 1.82) is 0 Å². The minimum atomic E-state index is -0.0368. The fourth-order valence-electron chi connectivity index (χ4n) is 2.85. The number of halogens is 1. The molecule has 0 saturated carbocycles. The predicted octanol–water partition coefficient (Wildman–Crippen LogP) is 2.23. The van der Waals surface area contributed by atoms with Gasteiger partial charge in [-0.2, -0.15) is 5.10 Å². The van der Waals surface area contributed by atoms with Gasteiger partial charge in [-0.1, -0.05) is 13.8 Å². The highest BCUT2D eigenvalue weighted by Gasteiger charge is 2.22. The maximum absolute atomic E-state index is 12.3. The first kappa shape index (κ1) is 16.5. The third-order valence-electron chi connectivity index (χ3n) is 4.03. The second-order valence-corrected chi connectivity index (χ2v) is 7.03. The van der Waals surface area contributed by atoms with E-state index in [1.807, 2.05) is 6.20 Å². The molecule has 0 unspecified atom stereocenters. The maximum Gasteiger partial charge on any atom is 0.283 e. The van der Waals surface area contributed by atoms with Crippen molar-refractivity contribution in [3.8, 4) is 0 Å². The highest BCUT2D eigenvalue weighted by molar-refractivity contribution is 9.10. The molecule has 1 aliphatic heterocycles. The van der Waals surface area contributed by atoms with Crippen LogP contribution < -0.4 is 16.2 Å². The Labute approximate surface area is 134 Å². The molecule has 1 saturated heterocycles. The largest absolute Gasteiger partial charge is 0.369 e. The molecule has 1 aromatic rings. The fourth-order valence-corrected chi connectivity index (χ4v) is 3.41. The first-order chi connectivity index (χ1) is 10.0. The molecule has 0 amide bonds. The number of rotatable bonds is 5. The lowest BCUT2D eigenvalue weighted by Gasteiger charge is -2.33. The summed E-state index contributed by atoms with van der Waals surface area (Å²) in [5.74, 6) is 1.12. The number of hydrogen-bond donors (Lipinski definition) is 1. The van der Waals surface area contributed by atoms with Gasteiger partial charge in [0.2, 0.25) is 0 Å². The van der Waals surface area contributed by atoms with Crippen LogP contribution in [0.1, 0.15) is 33.1 Å². The average molecular weight is 357 g/mol. The Kier molecular flexibility index (Phi) is 5.81. The molecule has 0 bridgehead atoms. The average Bonchev–Trinajstić information content (AvgIpc) is 2.45. The third-order valence-corrected chi connectivity index (χ3v) is 4.78. The first-order valence-electron chi connectivity index (χ1n) is 7.73. The molecule has 0 aromatic carbocycles. The molecule has 2 N–H and O–H groups in total. The normalized spacial score (nSPS) is 16.7. The number of hydrogen-bond acceptors (Lipinski definition) is 4. The monoisotopic (exact) mass is 356 g/mol. The van der Waals surface area contributed by atoms with Gasteiger partial charge in [0.1, 0.15) is 4.47 Å². The summed E-state index contributed by atoms with van der Waals surface area (Å²) in [6.45, 7) is 7.52. The predicted molar refractivity (Wildman–Crippen MR) is 89.6 cm³/mol. The second kappa shape index (κ2) is 7.40. The van der Waals surface area contributed by atoms with E-state index >= 15 is 0 Å². The van der Waals surface area contributed by atoms with Crippen molar-refractivity contribution in [2.24, 2.45) is 17.6 Å². The number of piperidine rings is 1. The van der Waals surface area contributed by atoms with Crippen LogP contribution in [0.15, 0.2) is 15.5 Å². The molecule has 2 heterocycles. The van der Waals surface area contributed by atoms with Crippen LogP contribution >= 0.6 is 15.9 Å². The van der Waals surface area contributed by atoms with E-state index in [0.717, 1.165) is 50.5 Å². The van der Waals surface area contributed by atoms with Gasteiger partial charge >= 0.3 is 0 Å². The molecular weight excluding hydrogens is 332 g/mol. The lowest BCUT2D eigenvalue weighted by molar-refractivity contribution is 0.385. The van der Waals surface area contributed by atoms with Gasteiger partial charge in [0, 0.05) is 19.6 Å². The van der Waals surface area contributed by atoms with E-state index < -0.39 is 0 Å². The van der Waals surface area contributed by atoms with E-state index in [4.69, 9.17) is 5.73 Å². The summed E-state index contributed by atoms with van der Waals surface area (Å²) < 4.78 is 2.18. The molecule has 1 fully saturated rings. The summed E-state index contributed by atoms with van der Waals surface area (Å²) in [5.41, 5.74) is 6.52. The summed E-state index contributed by atoms with van der Waals surface area (Å²) in [4.78, 5) is 14.6. The zero-order valence-corrected chi connectivity index (χ0v) is 14.5. The van der Waals surface area contributed by atoms with Crippen molar-refractivity contribution in [3.63, 3.8) is 0 Å². The smallest absolute Gasteiger partial charge is 0.283 e. The second-order valence-electron chi connectivity index (χ2n) is 6.23. The lowest BCUT2D eigenvalue weighted by Crippen LogP contribution is -2.36. The van der Waals surface area contributed by atoms with E-state index in [9.17, 15) is 4.79 Å². The Bertz CT molecular complexity index is 521. The molecule has 118 valence electrons. The van der Waals surface area contributed by atoms with Crippen molar-refractivity contribution >= 4 is 21.6 Å². The summed E-state index contributed by atoms with van der Waals surface area (Å²) in [6, 6.07) is 0. The van der Waals surface area contributed by atoms with Crippen molar-refractivity contribution in [3.05, 3.63) is 21.0 Å². The Morgan fingerprint density at radius 2 is 2.10 bits per heavy atom. The van der Waals surface area contributed by atoms with E-state index in [2.05, 4.69) is 39.8 Å². The number of aromatic nitrogens is 2. The van der Waals surface area contributed by atoms with Gasteiger partial charge < -0.3 is 10.6 Å². The van der Waals surface area contributed by atoms with E-state index in [1.165, 1.54) is 0 Å². The first-order valence-corrected chi connectivity index (χ1v) is 8.52. The molecule has 1 aromatic heterocycles. The van der Waals surface area contributed by atoms with Gasteiger partial charge in [0.15, 0.2) is 0 Å². The zero-order chi connectivity index (χ0) is 15.4. The quantitative estimate of drug-likeness (QED) is 0.878. The Hall–Kier alpha value is -0.880. The standard InChI is InChI=1S/C15H25BrN4O/c1-11(2)10-20-15(21)14(16)13(9-18-20)19-7-4-12(3-6-17)5-8-19/h9,11-12H,3-8,10,17H2,1-2H3. The van der Waals surface area contributed by atoms with Gasteiger partial charge in [-0.15, -0.1) is 0 Å². The van der Waals surface area contributed by atoms with Crippen LogP contribution in [0.3, 0.4) is 0 Å². The number of nitrogens with two attached hydrogens (primary N) is 1. The Morgan fingerprint density at radius 3 is 2.67 bits per heavy atom. The zero-order valence-electron chi connectivity index (χ0n) is 12.9. The molecule has 6 heteroatoms. The number of nitrogens with zero attached hydrogens (tertiary/aromatic N) is 3. The van der Waals surface area contributed by atoms with Gasteiger partial charge in [-0.05, 0) is 53.6 Å². The molecule has 2 rings (SSSR count). The molecule has 21 heavy (non-hydrogen) atoms. The van der Waals surface area contributed by atoms with Crippen molar-refractivity contribution in [2.45, 2.75) is 39.7 Å². The van der Waals surface area contributed by atoms with Crippen molar-refractivity contribution < 1.29 is 0 Å². The van der Waals surface area contributed by atoms with E-state index in [-0.39, 0.29) is 5.56 Å². The van der Waals surface area contributed by atoms with Crippen molar-refractivity contribution in [2.75, 3.05) is 24.5 Å². The highest BCUT2D eigenvalue weighted by atomic mass is 79.9. The lowest BCUT2D eigenvalue weighted by atomic mass is 9.93. The summed E-state index contributed by atoms with van der Waals surface area (Å²) in [5, 5.41) is 4.32. The van der Waals surface area contributed by atoms with Crippen LogP contribution in [0.2, 0.25) is 0 Å². The maximum atomic E-state index is 12.3. The Balaban J connectivity index is 2.11. The van der Waals surface area contributed by atoms with Crippen LogP contribution in [0, 0.1) is 11.8 Å². The topological polar surface area (TPSA) is 64.2 Å². The molecule has 0 radical (unpaired) electrons. The molecule has 0 atom stereocenters. The van der Waals surface area contributed by atoms with E-state index in [0.29, 0.717) is 16.9 Å². The summed E-state index contributed by atoms with van der Waals surface area (Å²) in [6.07, 6.45) is 5.19. The minimum Gasteiger partial charge on any atom is -0.369 e. The summed E-state index contributed by atoms with van der Waals surface area (Å²) in [7, 11) is 0. The SMILES string of the molecule is CC(C)Cn1ncc(N2CCC(CCN)CC2)c(Br)c1=O. The van der Waals surface area contributed by atoms with Crippen LogP contribution in [0.5, 0.6) is 0 Å². The van der Waals surface area contributed by atoms with Crippen molar-refractivity contribution in [1.82, 2.24) is 9.78 Å². The van der Waals surface area contributed by atoms with Gasteiger partial charge in [-0.25, -0.2) is 4.68 Å².